The Morgan fingerprint density at radius 2 is 1.88 bits per heavy atom. The maximum absolute atomic E-state index is 12.1. The van der Waals surface area contributed by atoms with Gasteiger partial charge in [0, 0.05) is 6.54 Å². The van der Waals surface area contributed by atoms with Crippen molar-refractivity contribution in [2.45, 2.75) is 25.8 Å². The first kappa shape index (κ1) is 20.0. The van der Waals surface area contributed by atoms with E-state index in [0.29, 0.717) is 13.0 Å². The van der Waals surface area contributed by atoms with E-state index in [1.807, 2.05) is 55.5 Å². The van der Waals surface area contributed by atoms with Crippen LogP contribution in [0.15, 0.2) is 48.5 Å². The number of methoxy groups -OCH3 is 1. The Kier molecular flexibility index (Phi) is 8.30. The lowest BCUT2D eigenvalue weighted by molar-refractivity contribution is -0.122. The number of carbonyl (C=O) groups is 1. The Morgan fingerprint density at radius 3 is 2.54 bits per heavy atom. The fraction of sp³-hybridized carbons (Fsp3) is 0.316. The number of rotatable bonds is 7. The normalized spacial score (nSPS) is 11.3. The molecule has 2 aromatic carbocycles. The fourth-order valence-corrected chi connectivity index (χ4v) is 2.44. The molecule has 0 aliphatic carbocycles. The average molecular weight is 349 g/mol. The highest BCUT2D eigenvalue weighted by atomic mass is 35.5. The zero-order valence-electron chi connectivity index (χ0n) is 14.1. The van der Waals surface area contributed by atoms with Crippen LogP contribution in [0.25, 0.3) is 0 Å². The summed E-state index contributed by atoms with van der Waals surface area (Å²) in [7, 11) is 1.66. The first-order chi connectivity index (χ1) is 11.1. The largest absolute Gasteiger partial charge is 0.496 e. The van der Waals surface area contributed by atoms with Crippen LogP contribution in [0.4, 0.5) is 0 Å². The van der Waals surface area contributed by atoms with Gasteiger partial charge in [0.25, 0.3) is 0 Å². The number of ether oxygens (including phenoxy) is 1. The van der Waals surface area contributed by atoms with Gasteiger partial charge < -0.3 is 15.8 Å². The molecule has 3 N–H and O–H groups in total. The number of hydrogen-bond donors (Lipinski definition) is 2. The van der Waals surface area contributed by atoms with Crippen molar-refractivity contribution in [1.82, 2.24) is 5.32 Å². The number of hydrogen-bond acceptors (Lipinski definition) is 3. The van der Waals surface area contributed by atoms with Crippen LogP contribution in [0.3, 0.4) is 0 Å². The summed E-state index contributed by atoms with van der Waals surface area (Å²) < 4.78 is 5.31. The lowest BCUT2D eigenvalue weighted by Crippen LogP contribution is -2.42. The van der Waals surface area contributed by atoms with Gasteiger partial charge >= 0.3 is 0 Å². The first-order valence-corrected chi connectivity index (χ1v) is 7.81. The van der Waals surface area contributed by atoms with E-state index in [-0.39, 0.29) is 18.3 Å². The van der Waals surface area contributed by atoms with Crippen molar-refractivity contribution < 1.29 is 9.53 Å². The Morgan fingerprint density at radius 1 is 1.17 bits per heavy atom. The van der Waals surface area contributed by atoms with Gasteiger partial charge in [-0.25, -0.2) is 0 Å². The number of halogens is 1. The molecule has 5 heteroatoms. The SMILES string of the molecule is COc1cc(CCNC(=O)[C@@H](N)Cc2ccccc2)ccc1C.Cl. The minimum atomic E-state index is -0.523. The third kappa shape index (κ3) is 5.87. The molecule has 0 bridgehead atoms. The van der Waals surface area contributed by atoms with Gasteiger partial charge in [0.1, 0.15) is 5.75 Å². The molecule has 130 valence electrons. The lowest BCUT2D eigenvalue weighted by Gasteiger charge is -2.13. The van der Waals surface area contributed by atoms with Crippen molar-refractivity contribution in [3.63, 3.8) is 0 Å². The zero-order chi connectivity index (χ0) is 16.7. The summed E-state index contributed by atoms with van der Waals surface area (Å²) in [6.07, 6.45) is 1.30. The maximum atomic E-state index is 12.1. The van der Waals surface area contributed by atoms with Crippen molar-refractivity contribution in [3.05, 3.63) is 65.2 Å². The standard InChI is InChI=1S/C19H24N2O2.ClH/c1-14-8-9-16(13-18(14)23-2)10-11-21-19(22)17(20)12-15-6-4-3-5-7-15;/h3-9,13,17H,10-12,20H2,1-2H3,(H,21,22);1H/t17-;/m0./s1. The lowest BCUT2D eigenvalue weighted by atomic mass is 10.1. The Hall–Kier alpha value is -2.04. The van der Waals surface area contributed by atoms with Crippen LogP contribution < -0.4 is 15.8 Å². The minimum absolute atomic E-state index is 0. The van der Waals surface area contributed by atoms with Crippen LogP contribution in [0.5, 0.6) is 5.75 Å². The summed E-state index contributed by atoms with van der Waals surface area (Å²) in [5.74, 6) is 0.752. The van der Waals surface area contributed by atoms with E-state index in [9.17, 15) is 4.79 Å². The van der Waals surface area contributed by atoms with E-state index >= 15 is 0 Å². The number of nitrogens with one attached hydrogen (secondary N) is 1. The average Bonchev–Trinajstić information content (AvgIpc) is 2.57. The summed E-state index contributed by atoms with van der Waals surface area (Å²) in [5, 5.41) is 2.90. The predicted octanol–water partition coefficient (Wildman–Crippen LogP) is 2.65. The van der Waals surface area contributed by atoms with Gasteiger partial charge in [-0.05, 0) is 42.5 Å². The molecule has 0 aromatic heterocycles. The van der Waals surface area contributed by atoms with Gasteiger partial charge in [-0.15, -0.1) is 12.4 Å². The number of nitrogens with two attached hydrogens (primary N) is 1. The summed E-state index contributed by atoms with van der Waals surface area (Å²) in [5.41, 5.74) is 9.26. The van der Waals surface area contributed by atoms with Crippen LogP contribution in [0.1, 0.15) is 16.7 Å². The van der Waals surface area contributed by atoms with E-state index in [1.54, 1.807) is 7.11 Å². The Balaban J connectivity index is 0.00000288. The summed E-state index contributed by atoms with van der Waals surface area (Å²) in [6, 6.07) is 15.4. The van der Waals surface area contributed by atoms with Gasteiger partial charge in [0.05, 0.1) is 13.2 Å². The Labute approximate surface area is 149 Å². The molecule has 0 aliphatic rings. The summed E-state index contributed by atoms with van der Waals surface area (Å²) in [6.45, 7) is 2.57. The molecular formula is C19H25ClN2O2. The maximum Gasteiger partial charge on any atom is 0.237 e. The van der Waals surface area contributed by atoms with Crippen LogP contribution in [-0.2, 0) is 17.6 Å². The molecule has 2 aromatic rings. The molecular weight excluding hydrogens is 324 g/mol. The van der Waals surface area contributed by atoms with E-state index in [2.05, 4.69) is 5.32 Å². The van der Waals surface area contributed by atoms with Gasteiger partial charge in [-0.3, -0.25) is 4.79 Å². The Bertz CT molecular complexity index is 647. The quantitative estimate of drug-likeness (QED) is 0.808. The van der Waals surface area contributed by atoms with Crippen molar-refractivity contribution >= 4 is 18.3 Å². The van der Waals surface area contributed by atoms with Crippen LogP contribution in [0.2, 0.25) is 0 Å². The summed E-state index contributed by atoms with van der Waals surface area (Å²) in [4.78, 5) is 12.1. The van der Waals surface area contributed by atoms with Crippen molar-refractivity contribution in [2.75, 3.05) is 13.7 Å². The molecule has 0 aliphatic heterocycles. The molecule has 4 nitrogen and oxygen atoms in total. The van der Waals surface area contributed by atoms with E-state index < -0.39 is 6.04 Å². The topological polar surface area (TPSA) is 64.3 Å². The van der Waals surface area contributed by atoms with Crippen molar-refractivity contribution in [3.8, 4) is 5.75 Å². The smallest absolute Gasteiger partial charge is 0.237 e. The highest BCUT2D eigenvalue weighted by Crippen LogP contribution is 2.19. The second-order valence-electron chi connectivity index (χ2n) is 5.64. The summed E-state index contributed by atoms with van der Waals surface area (Å²) >= 11 is 0. The predicted molar refractivity (Wildman–Crippen MR) is 99.8 cm³/mol. The second kappa shape index (κ2) is 9.96. The molecule has 0 saturated heterocycles. The fourth-order valence-electron chi connectivity index (χ4n) is 2.44. The molecule has 24 heavy (non-hydrogen) atoms. The third-order valence-electron chi connectivity index (χ3n) is 3.82. The van der Waals surface area contributed by atoms with Crippen molar-refractivity contribution in [1.29, 1.82) is 0 Å². The van der Waals surface area contributed by atoms with Gasteiger partial charge in [0.2, 0.25) is 5.91 Å². The van der Waals surface area contributed by atoms with Gasteiger partial charge in [0.15, 0.2) is 0 Å². The van der Waals surface area contributed by atoms with Crippen molar-refractivity contribution in [2.24, 2.45) is 5.73 Å². The molecule has 0 radical (unpaired) electrons. The molecule has 0 unspecified atom stereocenters. The van der Waals surface area contributed by atoms with Gasteiger partial charge in [-0.1, -0.05) is 42.5 Å². The number of carbonyl (C=O) groups excluding carboxylic acids is 1. The molecule has 2 rings (SSSR count). The second-order valence-corrected chi connectivity index (χ2v) is 5.64. The third-order valence-corrected chi connectivity index (χ3v) is 3.82. The highest BCUT2D eigenvalue weighted by Gasteiger charge is 2.13. The molecule has 0 fully saturated rings. The number of amides is 1. The number of aryl methyl sites for hydroxylation is 1. The van der Waals surface area contributed by atoms with E-state index in [1.165, 1.54) is 0 Å². The molecule has 1 atom stereocenters. The molecule has 0 spiro atoms. The monoisotopic (exact) mass is 348 g/mol. The number of benzene rings is 2. The minimum Gasteiger partial charge on any atom is -0.496 e. The van der Waals surface area contributed by atoms with Crippen LogP contribution >= 0.6 is 12.4 Å². The van der Waals surface area contributed by atoms with E-state index in [0.717, 1.165) is 28.9 Å². The molecule has 1 amide bonds. The first-order valence-electron chi connectivity index (χ1n) is 7.81. The molecule has 0 heterocycles. The zero-order valence-corrected chi connectivity index (χ0v) is 14.9. The van der Waals surface area contributed by atoms with Crippen LogP contribution in [-0.4, -0.2) is 25.6 Å². The van der Waals surface area contributed by atoms with Gasteiger partial charge in [-0.2, -0.15) is 0 Å². The highest BCUT2D eigenvalue weighted by molar-refractivity contribution is 5.85. The van der Waals surface area contributed by atoms with E-state index in [4.69, 9.17) is 10.5 Å². The van der Waals surface area contributed by atoms with Crippen LogP contribution in [0, 0.1) is 6.92 Å². The molecule has 0 saturated carbocycles.